The Morgan fingerprint density at radius 1 is 1.50 bits per heavy atom. The van der Waals surface area contributed by atoms with Crippen LogP contribution in [0.5, 0.6) is 0 Å². The number of alkyl halides is 4. The molecule has 0 bridgehead atoms. The number of hydrogen-bond donors (Lipinski definition) is 1. The summed E-state index contributed by atoms with van der Waals surface area (Å²) < 4.78 is 51.9. The molecule has 0 saturated heterocycles. The molecule has 78 valence electrons. The molecule has 1 aromatic rings. The van der Waals surface area contributed by atoms with E-state index in [2.05, 4.69) is 14.7 Å². The number of carboxylic acids is 1. The topological polar surface area (TPSA) is 76.2 Å². The maximum atomic E-state index is 12.4. The summed E-state index contributed by atoms with van der Waals surface area (Å²) in [5.41, 5.74) is 0. The van der Waals surface area contributed by atoms with Crippen LogP contribution in [0.3, 0.4) is 0 Å². The van der Waals surface area contributed by atoms with Gasteiger partial charge in [-0.1, -0.05) is 0 Å². The molecule has 1 heterocycles. The average molecular weight is 214 g/mol. The molecule has 1 aromatic heterocycles. The van der Waals surface area contributed by atoms with Gasteiger partial charge in [0.05, 0.1) is 0 Å². The molecule has 14 heavy (non-hydrogen) atoms. The van der Waals surface area contributed by atoms with Crippen molar-refractivity contribution in [2.45, 2.75) is 12.3 Å². The molecular weight excluding hydrogens is 212 g/mol. The zero-order chi connectivity index (χ0) is 10.9. The third-order valence-corrected chi connectivity index (χ3v) is 1.18. The Balaban J connectivity index is 3.02. The van der Waals surface area contributed by atoms with Crippen LogP contribution < -0.4 is 0 Å². The number of aromatic carboxylic acids is 1. The van der Waals surface area contributed by atoms with E-state index >= 15 is 0 Å². The summed E-state index contributed by atoms with van der Waals surface area (Å²) >= 11 is 0. The maximum Gasteiger partial charge on any atom is 0.383 e. The summed E-state index contributed by atoms with van der Waals surface area (Å²) in [6.07, 6.45) is -4.04. The van der Waals surface area contributed by atoms with E-state index in [1.54, 1.807) is 0 Å². The summed E-state index contributed by atoms with van der Waals surface area (Å²) in [6, 6.07) is 0. The molecule has 9 heteroatoms. The van der Waals surface area contributed by atoms with Gasteiger partial charge in [0.1, 0.15) is 0 Å². The lowest BCUT2D eigenvalue weighted by atomic mass is 10.3. The lowest BCUT2D eigenvalue weighted by Crippen LogP contribution is -2.24. The summed E-state index contributed by atoms with van der Waals surface area (Å²) in [4.78, 5) is 12.7. The van der Waals surface area contributed by atoms with E-state index in [0.717, 1.165) is 0 Å². The minimum Gasteiger partial charge on any atom is -0.475 e. The standard InChI is InChI=1S/C5H2F4N2O3/c6-3(7)5(8,9)4-10-1(2(12)13)11-14-4/h3H,(H,12,13). The first kappa shape index (κ1) is 10.4. The molecular formula is C5H2F4N2O3. The van der Waals surface area contributed by atoms with Crippen LogP contribution >= 0.6 is 0 Å². The summed E-state index contributed by atoms with van der Waals surface area (Å²) in [7, 11) is 0. The van der Waals surface area contributed by atoms with Crippen molar-refractivity contribution < 1.29 is 32.0 Å². The summed E-state index contributed by atoms with van der Waals surface area (Å²) in [6.45, 7) is 0. The smallest absolute Gasteiger partial charge is 0.383 e. The van der Waals surface area contributed by atoms with Gasteiger partial charge in [-0.05, 0) is 5.16 Å². The molecule has 0 saturated carbocycles. The van der Waals surface area contributed by atoms with E-state index in [9.17, 15) is 22.4 Å². The number of carboxylic acid groups (broad SMARTS) is 1. The second-order valence-electron chi connectivity index (χ2n) is 2.15. The van der Waals surface area contributed by atoms with Gasteiger partial charge in [0, 0.05) is 0 Å². The van der Waals surface area contributed by atoms with Crippen molar-refractivity contribution in [1.29, 1.82) is 0 Å². The predicted molar refractivity (Wildman–Crippen MR) is 31.2 cm³/mol. The zero-order valence-corrected chi connectivity index (χ0v) is 6.25. The van der Waals surface area contributed by atoms with Gasteiger partial charge in [-0.3, -0.25) is 0 Å². The van der Waals surface area contributed by atoms with Crippen LogP contribution in [-0.2, 0) is 5.92 Å². The van der Waals surface area contributed by atoms with E-state index in [1.807, 2.05) is 0 Å². The van der Waals surface area contributed by atoms with Gasteiger partial charge in [0.15, 0.2) is 0 Å². The molecule has 0 aliphatic heterocycles. The zero-order valence-electron chi connectivity index (χ0n) is 6.25. The molecule has 0 atom stereocenters. The lowest BCUT2D eigenvalue weighted by molar-refractivity contribution is -0.152. The Labute approximate surface area is 73.3 Å². The van der Waals surface area contributed by atoms with Gasteiger partial charge in [-0.25, -0.2) is 13.6 Å². The quantitative estimate of drug-likeness (QED) is 0.763. The molecule has 5 nitrogen and oxygen atoms in total. The minimum atomic E-state index is -4.64. The number of carbonyl (C=O) groups is 1. The Morgan fingerprint density at radius 3 is 2.43 bits per heavy atom. The predicted octanol–water partition coefficient (Wildman–Crippen LogP) is 1.12. The number of rotatable bonds is 3. The fraction of sp³-hybridized carbons (Fsp3) is 0.400. The summed E-state index contributed by atoms with van der Waals surface area (Å²) in [5.74, 6) is -9.20. The first-order chi connectivity index (χ1) is 6.35. The van der Waals surface area contributed by atoms with Crippen molar-refractivity contribution in [3.8, 4) is 0 Å². The largest absolute Gasteiger partial charge is 0.475 e. The van der Waals surface area contributed by atoms with Crippen molar-refractivity contribution in [2.24, 2.45) is 0 Å². The number of nitrogens with zero attached hydrogens (tertiary/aromatic N) is 2. The van der Waals surface area contributed by atoms with Gasteiger partial charge < -0.3 is 9.63 Å². The number of halogens is 4. The van der Waals surface area contributed by atoms with E-state index < -0.39 is 30.0 Å². The Hall–Kier alpha value is -1.67. The van der Waals surface area contributed by atoms with E-state index in [0.29, 0.717) is 0 Å². The second-order valence-corrected chi connectivity index (χ2v) is 2.15. The van der Waals surface area contributed by atoms with E-state index in [-0.39, 0.29) is 0 Å². The monoisotopic (exact) mass is 214 g/mol. The molecule has 0 spiro atoms. The van der Waals surface area contributed by atoms with Gasteiger partial charge in [0.2, 0.25) is 0 Å². The van der Waals surface area contributed by atoms with Gasteiger partial charge >= 0.3 is 24.2 Å². The molecule has 0 amide bonds. The van der Waals surface area contributed by atoms with Gasteiger partial charge in [-0.15, -0.1) is 0 Å². The Bertz CT molecular complexity index is 351. The molecule has 0 radical (unpaired) electrons. The molecule has 0 fully saturated rings. The highest BCUT2D eigenvalue weighted by atomic mass is 19.3. The van der Waals surface area contributed by atoms with Crippen molar-refractivity contribution in [2.75, 3.05) is 0 Å². The van der Waals surface area contributed by atoms with Crippen LogP contribution in [0.4, 0.5) is 17.6 Å². The molecule has 1 rings (SSSR count). The van der Waals surface area contributed by atoms with Crippen LogP contribution in [0, 0.1) is 0 Å². The molecule has 0 unspecified atom stereocenters. The molecule has 0 aliphatic rings. The Morgan fingerprint density at radius 2 is 2.07 bits per heavy atom. The minimum absolute atomic E-state index is 1.10. The van der Waals surface area contributed by atoms with Crippen LogP contribution in [-0.4, -0.2) is 27.6 Å². The normalized spacial score (nSPS) is 12.1. The van der Waals surface area contributed by atoms with E-state index in [1.165, 1.54) is 0 Å². The van der Waals surface area contributed by atoms with Crippen LogP contribution in [0.25, 0.3) is 0 Å². The first-order valence-electron chi connectivity index (χ1n) is 3.09. The van der Waals surface area contributed by atoms with Gasteiger partial charge in [-0.2, -0.15) is 13.8 Å². The Kier molecular flexibility index (Phi) is 2.41. The van der Waals surface area contributed by atoms with Crippen LogP contribution in [0.1, 0.15) is 16.5 Å². The molecule has 0 aromatic carbocycles. The maximum absolute atomic E-state index is 12.4. The highest BCUT2D eigenvalue weighted by molar-refractivity contribution is 5.82. The summed E-state index contributed by atoms with van der Waals surface area (Å²) in [5, 5.41) is 10.8. The highest BCUT2D eigenvalue weighted by Gasteiger charge is 2.48. The average Bonchev–Trinajstić information content (AvgIpc) is 2.51. The third kappa shape index (κ3) is 1.65. The van der Waals surface area contributed by atoms with Gasteiger partial charge in [0.25, 0.3) is 5.82 Å². The van der Waals surface area contributed by atoms with Crippen LogP contribution in [0.2, 0.25) is 0 Å². The first-order valence-corrected chi connectivity index (χ1v) is 3.09. The second kappa shape index (κ2) is 3.24. The van der Waals surface area contributed by atoms with E-state index in [4.69, 9.17) is 5.11 Å². The highest BCUT2D eigenvalue weighted by Crippen LogP contribution is 2.32. The fourth-order valence-electron chi connectivity index (χ4n) is 0.539. The van der Waals surface area contributed by atoms with Crippen molar-refractivity contribution in [3.63, 3.8) is 0 Å². The fourth-order valence-corrected chi connectivity index (χ4v) is 0.539. The third-order valence-electron chi connectivity index (χ3n) is 1.18. The SMILES string of the molecule is O=C(O)c1noc(C(F)(F)C(F)F)n1. The molecule has 1 N–H and O–H groups in total. The lowest BCUT2D eigenvalue weighted by Gasteiger charge is -2.08. The van der Waals surface area contributed by atoms with Crippen LogP contribution in [0.15, 0.2) is 4.52 Å². The number of hydrogen-bond acceptors (Lipinski definition) is 4. The van der Waals surface area contributed by atoms with Crippen molar-refractivity contribution in [3.05, 3.63) is 11.7 Å². The number of aromatic nitrogens is 2. The van der Waals surface area contributed by atoms with Crippen molar-refractivity contribution >= 4 is 5.97 Å². The van der Waals surface area contributed by atoms with Crippen molar-refractivity contribution in [1.82, 2.24) is 10.1 Å². The molecule has 0 aliphatic carbocycles.